The first-order chi connectivity index (χ1) is 11.6. The van der Waals surface area contributed by atoms with E-state index in [1.807, 2.05) is 6.07 Å². The average Bonchev–Trinajstić information content (AvgIpc) is 2.99. The molecule has 126 valence electrons. The molecule has 0 spiro atoms. The number of hydrogen-bond acceptors (Lipinski definition) is 4. The molecule has 24 heavy (non-hydrogen) atoms. The fourth-order valence-corrected chi connectivity index (χ4v) is 3.16. The number of pyridine rings is 1. The minimum atomic E-state index is -0.648. The molecule has 1 aromatic carbocycles. The van der Waals surface area contributed by atoms with E-state index in [-0.39, 0.29) is 18.2 Å². The second-order valence-electron chi connectivity index (χ2n) is 4.68. The van der Waals surface area contributed by atoms with Crippen molar-refractivity contribution < 1.29 is 13.5 Å². The number of aromatic nitrogens is 2. The van der Waals surface area contributed by atoms with E-state index in [9.17, 15) is 8.78 Å². The highest BCUT2D eigenvalue weighted by molar-refractivity contribution is 8.00. The van der Waals surface area contributed by atoms with Crippen LogP contribution in [-0.2, 0) is 0 Å². The highest BCUT2D eigenvalue weighted by Crippen LogP contribution is 2.36. The Morgan fingerprint density at radius 3 is 2.92 bits per heavy atom. The molecule has 0 aliphatic heterocycles. The van der Waals surface area contributed by atoms with E-state index >= 15 is 0 Å². The van der Waals surface area contributed by atoms with E-state index in [2.05, 4.69) is 14.7 Å². The van der Waals surface area contributed by atoms with Gasteiger partial charge in [0.15, 0.2) is 11.6 Å². The molecule has 0 atom stereocenters. The lowest BCUT2D eigenvalue weighted by atomic mass is 10.2. The van der Waals surface area contributed by atoms with Gasteiger partial charge in [0.2, 0.25) is 0 Å². The van der Waals surface area contributed by atoms with E-state index in [0.717, 1.165) is 16.3 Å². The van der Waals surface area contributed by atoms with Gasteiger partial charge in [0, 0.05) is 17.6 Å². The maximum absolute atomic E-state index is 14.0. The maximum Gasteiger partial charge on any atom is 0.172 e. The first kappa shape index (κ1) is 17.1. The molecule has 3 rings (SSSR count). The third-order valence-corrected chi connectivity index (χ3v) is 4.78. The van der Waals surface area contributed by atoms with Crippen LogP contribution in [0.4, 0.5) is 14.6 Å². The fraction of sp³-hybridized carbons (Fsp3) is 0.133. The van der Waals surface area contributed by atoms with Crippen molar-refractivity contribution in [1.82, 2.24) is 9.97 Å². The predicted octanol–water partition coefficient (Wildman–Crippen LogP) is 5.48. The molecule has 0 bridgehead atoms. The van der Waals surface area contributed by atoms with E-state index in [1.165, 1.54) is 18.1 Å². The van der Waals surface area contributed by atoms with Crippen LogP contribution < -0.4 is 9.46 Å². The molecule has 0 aliphatic carbocycles. The molecule has 9 heteroatoms. The number of hydrogen-bond donors (Lipinski definition) is 2. The summed E-state index contributed by atoms with van der Waals surface area (Å²) < 4.78 is 33.8. The van der Waals surface area contributed by atoms with Crippen LogP contribution in [0.2, 0.25) is 10.0 Å². The summed E-state index contributed by atoms with van der Waals surface area (Å²) in [4.78, 5) is 7.77. The number of rotatable bonds is 6. The number of H-pyrrole nitrogens is 1. The predicted molar refractivity (Wildman–Crippen MR) is 93.5 cm³/mol. The Morgan fingerprint density at radius 1 is 1.33 bits per heavy atom. The van der Waals surface area contributed by atoms with Gasteiger partial charge in [0.05, 0.1) is 26.7 Å². The lowest BCUT2D eigenvalue weighted by Gasteiger charge is -2.07. The largest absolute Gasteiger partial charge is 0.489 e. The summed E-state index contributed by atoms with van der Waals surface area (Å²) >= 11 is 13.3. The molecule has 0 fully saturated rings. The summed E-state index contributed by atoms with van der Waals surface area (Å²) in [5.74, 6) is -0.379. The van der Waals surface area contributed by atoms with Gasteiger partial charge in [-0.3, -0.25) is 0 Å². The summed E-state index contributed by atoms with van der Waals surface area (Å²) in [7, 11) is 0. The van der Waals surface area contributed by atoms with Gasteiger partial charge < -0.3 is 14.4 Å². The minimum Gasteiger partial charge on any atom is -0.489 e. The second-order valence-corrected chi connectivity index (χ2v) is 6.31. The number of fused-ring (bicyclic) bond motifs is 1. The number of alkyl halides is 1. The molecule has 0 saturated carbocycles. The van der Waals surface area contributed by atoms with Crippen LogP contribution in [0.1, 0.15) is 0 Å². The average molecular weight is 390 g/mol. The summed E-state index contributed by atoms with van der Waals surface area (Å²) in [5.41, 5.74) is 0.705. The lowest BCUT2D eigenvalue weighted by Crippen LogP contribution is -2.01. The molecule has 2 N–H and O–H groups in total. The maximum atomic E-state index is 14.0. The Morgan fingerprint density at radius 2 is 2.17 bits per heavy atom. The SMILES string of the molecule is FCCOc1cnc(NSc2c[nH]c3c(Cl)c(Cl)ccc23)c(F)c1. The van der Waals surface area contributed by atoms with Crippen LogP contribution >= 0.6 is 35.1 Å². The topological polar surface area (TPSA) is 49.9 Å². The summed E-state index contributed by atoms with van der Waals surface area (Å²) in [6.07, 6.45) is 3.06. The molecule has 0 radical (unpaired) electrons. The molecular formula is C15H11Cl2F2N3OS. The molecule has 3 aromatic rings. The van der Waals surface area contributed by atoms with Gasteiger partial charge in [-0.1, -0.05) is 29.3 Å². The molecule has 0 amide bonds. The summed E-state index contributed by atoms with van der Waals surface area (Å²) in [5, 5.41) is 1.73. The molecular weight excluding hydrogens is 379 g/mol. The zero-order valence-corrected chi connectivity index (χ0v) is 14.4. The highest BCUT2D eigenvalue weighted by atomic mass is 35.5. The number of anilines is 1. The smallest absolute Gasteiger partial charge is 0.172 e. The van der Waals surface area contributed by atoms with E-state index in [0.29, 0.717) is 15.6 Å². The summed E-state index contributed by atoms with van der Waals surface area (Å²) in [6, 6.07) is 4.67. The van der Waals surface area contributed by atoms with Crippen molar-refractivity contribution >= 4 is 51.9 Å². The molecule has 0 aliphatic rings. The first-order valence-electron chi connectivity index (χ1n) is 6.82. The van der Waals surface area contributed by atoms with Gasteiger partial charge >= 0.3 is 0 Å². The second kappa shape index (κ2) is 7.46. The standard InChI is InChI=1S/C15H11Cl2F2N3OS/c16-10-2-1-9-12(7-20-14(9)13(10)17)24-22-15-11(19)5-8(6-21-15)23-4-3-18/h1-2,5-7,20H,3-4H2,(H,21,22). The van der Waals surface area contributed by atoms with Crippen LogP contribution in [0.15, 0.2) is 35.5 Å². The molecule has 2 aromatic heterocycles. The number of nitrogens with one attached hydrogen (secondary N) is 2. The minimum absolute atomic E-state index is 0.0435. The molecule has 0 saturated heterocycles. The van der Waals surface area contributed by atoms with Crippen LogP contribution in [0.5, 0.6) is 5.75 Å². The van der Waals surface area contributed by atoms with Crippen molar-refractivity contribution in [3.8, 4) is 5.75 Å². The Labute approximate surface area is 150 Å². The third kappa shape index (κ3) is 3.53. The van der Waals surface area contributed by atoms with Crippen molar-refractivity contribution in [3.63, 3.8) is 0 Å². The lowest BCUT2D eigenvalue weighted by molar-refractivity contribution is 0.271. The van der Waals surface area contributed by atoms with Gasteiger partial charge in [0.1, 0.15) is 19.0 Å². The number of ether oxygens (including phenoxy) is 1. The quantitative estimate of drug-likeness (QED) is 0.548. The Hall–Kier alpha value is -1.70. The van der Waals surface area contributed by atoms with Gasteiger partial charge in [-0.2, -0.15) is 0 Å². The Bertz CT molecular complexity index is 875. The zero-order chi connectivity index (χ0) is 17.1. The molecule has 2 heterocycles. The first-order valence-corrected chi connectivity index (χ1v) is 8.39. The van der Waals surface area contributed by atoms with Crippen LogP contribution in [0, 0.1) is 5.82 Å². The number of aromatic amines is 1. The van der Waals surface area contributed by atoms with Gasteiger partial charge in [-0.15, -0.1) is 0 Å². The van der Waals surface area contributed by atoms with Gasteiger partial charge in [-0.25, -0.2) is 13.8 Å². The van der Waals surface area contributed by atoms with Crippen molar-refractivity contribution in [3.05, 3.63) is 46.5 Å². The zero-order valence-electron chi connectivity index (χ0n) is 12.1. The highest BCUT2D eigenvalue weighted by Gasteiger charge is 2.12. The van der Waals surface area contributed by atoms with E-state index in [1.54, 1.807) is 12.3 Å². The van der Waals surface area contributed by atoms with E-state index in [4.69, 9.17) is 27.9 Å². The third-order valence-electron chi connectivity index (χ3n) is 3.13. The monoisotopic (exact) mass is 389 g/mol. The number of halogens is 4. The fourth-order valence-electron chi connectivity index (χ4n) is 2.03. The Balaban J connectivity index is 1.75. The van der Waals surface area contributed by atoms with Crippen molar-refractivity contribution in [2.75, 3.05) is 18.0 Å². The van der Waals surface area contributed by atoms with E-state index < -0.39 is 12.5 Å². The molecule has 4 nitrogen and oxygen atoms in total. The molecule has 0 unspecified atom stereocenters. The number of nitrogens with zero attached hydrogens (tertiary/aromatic N) is 1. The van der Waals surface area contributed by atoms with Gasteiger partial charge in [0.25, 0.3) is 0 Å². The summed E-state index contributed by atoms with van der Waals surface area (Å²) in [6.45, 7) is -0.786. The van der Waals surface area contributed by atoms with Gasteiger partial charge in [-0.05, 0) is 18.0 Å². The number of benzene rings is 1. The van der Waals surface area contributed by atoms with Crippen LogP contribution in [0.3, 0.4) is 0 Å². The van der Waals surface area contributed by atoms with Crippen molar-refractivity contribution in [1.29, 1.82) is 0 Å². The van der Waals surface area contributed by atoms with Crippen molar-refractivity contribution in [2.45, 2.75) is 4.90 Å². The normalized spacial score (nSPS) is 11.0. The van der Waals surface area contributed by atoms with Crippen LogP contribution in [-0.4, -0.2) is 23.2 Å². The van der Waals surface area contributed by atoms with Crippen molar-refractivity contribution in [2.24, 2.45) is 0 Å². The van der Waals surface area contributed by atoms with Crippen LogP contribution in [0.25, 0.3) is 10.9 Å². The Kier molecular flexibility index (Phi) is 5.33.